The van der Waals surface area contributed by atoms with Crippen LogP contribution in [0.15, 0.2) is 12.4 Å². The van der Waals surface area contributed by atoms with Crippen LogP contribution in [0.2, 0.25) is 0 Å². The van der Waals surface area contributed by atoms with Gasteiger partial charge >= 0.3 is 0 Å². The Hall–Kier alpha value is -1.16. The molecule has 0 saturated carbocycles. The van der Waals surface area contributed by atoms with Gasteiger partial charge in [-0.3, -0.25) is 0 Å². The monoisotopic (exact) mass is 195 g/mol. The molecule has 0 aromatic carbocycles. The summed E-state index contributed by atoms with van der Waals surface area (Å²) >= 11 is 0. The molecule has 4 heteroatoms. The molecule has 0 N–H and O–H groups in total. The molecular formula is C10H17N3O. The van der Waals surface area contributed by atoms with Crippen LogP contribution in [-0.4, -0.2) is 36.3 Å². The van der Waals surface area contributed by atoms with Crippen molar-refractivity contribution in [1.82, 2.24) is 9.97 Å². The van der Waals surface area contributed by atoms with Gasteiger partial charge in [0.15, 0.2) is 0 Å². The Labute approximate surface area is 84.9 Å². The summed E-state index contributed by atoms with van der Waals surface area (Å²) in [6.07, 6.45) is 3.69. The van der Waals surface area contributed by atoms with Crippen LogP contribution < -0.4 is 4.90 Å². The molecule has 0 bridgehead atoms. The van der Waals surface area contributed by atoms with E-state index < -0.39 is 0 Å². The van der Waals surface area contributed by atoms with Crippen molar-refractivity contribution in [2.45, 2.75) is 14.4 Å². The van der Waals surface area contributed by atoms with E-state index in [1.165, 1.54) is 0 Å². The van der Waals surface area contributed by atoms with E-state index in [0.717, 1.165) is 37.8 Å². The second-order valence-electron chi connectivity index (χ2n) is 3.16. The zero-order valence-corrected chi connectivity index (χ0v) is 7.73. The molecule has 1 aromatic rings. The maximum atomic E-state index is 5.25. The van der Waals surface area contributed by atoms with E-state index in [1.54, 1.807) is 0 Å². The standard InChI is InChI=1S/C9H13N3O.CH4/c1-8-6-10-9(11-7-8)12-2-4-13-5-3-12;/h6-7H,2-5H2,1H3;1H4. The second-order valence-corrected chi connectivity index (χ2v) is 3.16. The molecule has 1 aromatic heterocycles. The molecule has 0 spiro atoms. The Morgan fingerprint density at radius 2 is 1.79 bits per heavy atom. The summed E-state index contributed by atoms with van der Waals surface area (Å²) in [6.45, 7) is 5.32. The Morgan fingerprint density at radius 3 is 2.36 bits per heavy atom. The topological polar surface area (TPSA) is 38.2 Å². The molecule has 0 radical (unpaired) electrons. The smallest absolute Gasteiger partial charge is 0.225 e. The normalized spacial score (nSPS) is 16.2. The van der Waals surface area contributed by atoms with Crippen LogP contribution in [0.25, 0.3) is 0 Å². The van der Waals surface area contributed by atoms with E-state index in [9.17, 15) is 0 Å². The van der Waals surface area contributed by atoms with Crippen LogP contribution in [0.4, 0.5) is 5.95 Å². The highest BCUT2D eigenvalue weighted by Crippen LogP contribution is 2.08. The number of anilines is 1. The molecule has 1 aliphatic rings. The number of hydrogen-bond donors (Lipinski definition) is 0. The highest BCUT2D eigenvalue weighted by molar-refractivity contribution is 5.29. The fraction of sp³-hybridized carbons (Fsp3) is 0.600. The van der Waals surface area contributed by atoms with Gasteiger partial charge in [0.05, 0.1) is 13.2 Å². The molecule has 2 rings (SSSR count). The van der Waals surface area contributed by atoms with Crippen molar-refractivity contribution in [3.63, 3.8) is 0 Å². The molecule has 0 atom stereocenters. The lowest BCUT2D eigenvalue weighted by molar-refractivity contribution is 0.122. The molecule has 14 heavy (non-hydrogen) atoms. The van der Waals surface area contributed by atoms with Gasteiger partial charge < -0.3 is 9.64 Å². The third-order valence-corrected chi connectivity index (χ3v) is 2.06. The Morgan fingerprint density at radius 1 is 1.21 bits per heavy atom. The highest BCUT2D eigenvalue weighted by atomic mass is 16.5. The maximum Gasteiger partial charge on any atom is 0.225 e. The van der Waals surface area contributed by atoms with Gasteiger partial charge in [-0.25, -0.2) is 9.97 Å². The third-order valence-electron chi connectivity index (χ3n) is 2.06. The summed E-state index contributed by atoms with van der Waals surface area (Å²) < 4.78 is 5.25. The first-order chi connectivity index (χ1) is 6.36. The molecule has 1 fully saturated rings. The Bertz CT molecular complexity index is 267. The summed E-state index contributed by atoms with van der Waals surface area (Å²) in [4.78, 5) is 10.7. The van der Waals surface area contributed by atoms with Crippen LogP contribution in [0.3, 0.4) is 0 Å². The first kappa shape index (κ1) is 10.9. The number of morpholine rings is 1. The van der Waals surface area contributed by atoms with Gasteiger partial charge in [-0.2, -0.15) is 0 Å². The number of nitrogens with zero attached hydrogens (tertiary/aromatic N) is 3. The van der Waals surface area contributed by atoms with Crippen LogP contribution >= 0.6 is 0 Å². The summed E-state index contributed by atoms with van der Waals surface area (Å²) in [6, 6.07) is 0. The second kappa shape index (κ2) is 4.91. The van der Waals surface area contributed by atoms with E-state index in [0.29, 0.717) is 0 Å². The van der Waals surface area contributed by atoms with Gasteiger partial charge in [0.2, 0.25) is 5.95 Å². The highest BCUT2D eigenvalue weighted by Gasteiger charge is 2.12. The number of ether oxygens (including phenoxy) is 1. The van der Waals surface area contributed by atoms with Crippen molar-refractivity contribution >= 4 is 5.95 Å². The van der Waals surface area contributed by atoms with Crippen molar-refractivity contribution in [2.75, 3.05) is 31.2 Å². The summed E-state index contributed by atoms with van der Waals surface area (Å²) in [5, 5.41) is 0. The summed E-state index contributed by atoms with van der Waals surface area (Å²) in [5.74, 6) is 0.814. The van der Waals surface area contributed by atoms with E-state index in [-0.39, 0.29) is 7.43 Å². The van der Waals surface area contributed by atoms with E-state index >= 15 is 0 Å². The quantitative estimate of drug-likeness (QED) is 0.676. The van der Waals surface area contributed by atoms with Gasteiger partial charge in [-0.1, -0.05) is 7.43 Å². The van der Waals surface area contributed by atoms with Gasteiger partial charge in [-0.05, 0) is 12.5 Å². The average Bonchev–Trinajstić information content (AvgIpc) is 2.20. The average molecular weight is 195 g/mol. The van der Waals surface area contributed by atoms with Crippen LogP contribution in [0.1, 0.15) is 13.0 Å². The van der Waals surface area contributed by atoms with Crippen molar-refractivity contribution in [1.29, 1.82) is 0 Å². The molecular weight excluding hydrogens is 178 g/mol. The summed E-state index contributed by atoms with van der Waals surface area (Å²) in [7, 11) is 0. The third kappa shape index (κ3) is 2.42. The van der Waals surface area contributed by atoms with Gasteiger partial charge in [0.1, 0.15) is 0 Å². The summed E-state index contributed by atoms with van der Waals surface area (Å²) in [5.41, 5.74) is 1.09. The molecule has 1 aliphatic heterocycles. The van der Waals surface area contributed by atoms with Gasteiger partial charge in [-0.15, -0.1) is 0 Å². The maximum absolute atomic E-state index is 5.25. The first-order valence-corrected chi connectivity index (χ1v) is 4.47. The minimum atomic E-state index is 0. The number of aromatic nitrogens is 2. The van der Waals surface area contributed by atoms with Crippen molar-refractivity contribution in [2.24, 2.45) is 0 Å². The molecule has 78 valence electrons. The minimum Gasteiger partial charge on any atom is -0.378 e. The zero-order chi connectivity index (χ0) is 9.10. The molecule has 0 unspecified atom stereocenters. The lowest BCUT2D eigenvalue weighted by atomic mass is 10.4. The van der Waals surface area contributed by atoms with Crippen molar-refractivity contribution in [3.05, 3.63) is 18.0 Å². The van der Waals surface area contributed by atoms with Crippen LogP contribution in [0, 0.1) is 6.92 Å². The fourth-order valence-corrected chi connectivity index (χ4v) is 1.31. The number of hydrogen-bond acceptors (Lipinski definition) is 4. The zero-order valence-electron chi connectivity index (χ0n) is 7.73. The van der Waals surface area contributed by atoms with Crippen LogP contribution in [0.5, 0.6) is 0 Å². The minimum absolute atomic E-state index is 0. The molecule has 1 saturated heterocycles. The van der Waals surface area contributed by atoms with Crippen molar-refractivity contribution < 1.29 is 4.74 Å². The predicted octanol–water partition coefficient (Wildman–Crippen LogP) is 1.26. The van der Waals surface area contributed by atoms with Crippen molar-refractivity contribution in [3.8, 4) is 0 Å². The number of rotatable bonds is 1. The van der Waals surface area contributed by atoms with E-state index in [1.807, 2.05) is 19.3 Å². The largest absolute Gasteiger partial charge is 0.378 e. The Kier molecular flexibility index (Phi) is 3.83. The fourth-order valence-electron chi connectivity index (χ4n) is 1.31. The predicted molar refractivity (Wildman–Crippen MR) is 56.5 cm³/mol. The van der Waals surface area contributed by atoms with Crippen LogP contribution in [-0.2, 0) is 4.74 Å². The molecule has 0 aliphatic carbocycles. The van der Waals surface area contributed by atoms with Gasteiger partial charge in [0, 0.05) is 25.5 Å². The molecule has 4 nitrogen and oxygen atoms in total. The van der Waals surface area contributed by atoms with E-state index in [4.69, 9.17) is 4.74 Å². The number of aryl methyl sites for hydroxylation is 1. The first-order valence-electron chi connectivity index (χ1n) is 4.47. The lowest BCUT2D eigenvalue weighted by Crippen LogP contribution is -2.37. The van der Waals surface area contributed by atoms with E-state index in [2.05, 4.69) is 14.9 Å². The lowest BCUT2D eigenvalue weighted by Gasteiger charge is -2.26. The molecule has 0 amide bonds. The van der Waals surface area contributed by atoms with Gasteiger partial charge in [0.25, 0.3) is 0 Å². The Balaban J connectivity index is 0.000000980. The SMILES string of the molecule is C.Cc1cnc(N2CCOCC2)nc1. The molecule has 2 heterocycles.